The number of H-pyrrole nitrogens is 1. The molecule has 2 aromatic carbocycles. The number of fused-ring (bicyclic) bond motifs is 1. The van der Waals surface area contributed by atoms with Gasteiger partial charge in [0.1, 0.15) is 0 Å². The number of hydrogen-bond donors (Lipinski definition) is 3. The third-order valence-corrected chi connectivity index (χ3v) is 5.32. The van der Waals surface area contributed by atoms with Crippen LogP contribution >= 0.6 is 0 Å². The van der Waals surface area contributed by atoms with Crippen LogP contribution in [0.25, 0.3) is 10.9 Å². The minimum absolute atomic E-state index is 0.128. The Balaban J connectivity index is 1.46. The number of aryl methyl sites for hydroxylation is 2. The molecule has 0 spiro atoms. The number of para-hydroxylation sites is 1. The summed E-state index contributed by atoms with van der Waals surface area (Å²) in [5.74, 6) is -0.191. The highest BCUT2D eigenvalue weighted by atomic mass is 16.3. The number of carbonyl (C=O) groups excluding carboxylic acids is 1. The van der Waals surface area contributed by atoms with Gasteiger partial charge in [0.2, 0.25) is 0 Å². The molecule has 0 unspecified atom stereocenters. The number of aliphatic hydroxyl groups is 1. The fraction of sp³-hybridized carbons (Fsp3) is 0.250. The first-order valence-electron chi connectivity index (χ1n) is 10.1. The molecule has 1 amide bonds. The van der Waals surface area contributed by atoms with Gasteiger partial charge in [0, 0.05) is 28.4 Å². The molecule has 0 saturated heterocycles. The van der Waals surface area contributed by atoms with Gasteiger partial charge in [0.25, 0.3) is 5.91 Å². The molecule has 0 radical (unpaired) electrons. The van der Waals surface area contributed by atoms with Crippen LogP contribution < -0.4 is 5.32 Å². The number of hydrogen-bond acceptors (Lipinski definition) is 3. The van der Waals surface area contributed by atoms with E-state index in [2.05, 4.69) is 15.4 Å². The number of rotatable bonds is 7. The predicted molar refractivity (Wildman–Crippen MR) is 118 cm³/mol. The van der Waals surface area contributed by atoms with Gasteiger partial charge < -0.3 is 15.4 Å². The minimum Gasteiger partial charge on any atom is -0.394 e. The summed E-state index contributed by atoms with van der Waals surface area (Å²) in [5, 5.41) is 18.4. The zero-order chi connectivity index (χ0) is 21.1. The van der Waals surface area contributed by atoms with Crippen LogP contribution in [0, 0.1) is 13.8 Å². The van der Waals surface area contributed by atoms with Crippen LogP contribution in [0.3, 0.4) is 0 Å². The van der Waals surface area contributed by atoms with Gasteiger partial charge in [-0.15, -0.1) is 0 Å². The van der Waals surface area contributed by atoms with Crippen molar-refractivity contribution in [3.05, 3.63) is 88.9 Å². The quantitative estimate of drug-likeness (QED) is 0.443. The zero-order valence-corrected chi connectivity index (χ0v) is 17.2. The van der Waals surface area contributed by atoms with Gasteiger partial charge in [-0.2, -0.15) is 5.10 Å². The van der Waals surface area contributed by atoms with E-state index in [1.807, 2.05) is 73.3 Å². The summed E-state index contributed by atoms with van der Waals surface area (Å²) in [6.45, 7) is 4.47. The molecule has 4 aromatic rings. The number of benzene rings is 2. The summed E-state index contributed by atoms with van der Waals surface area (Å²) < 4.78 is 1.93. The lowest BCUT2D eigenvalue weighted by Gasteiger charge is -2.16. The van der Waals surface area contributed by atoms with Crippen LogP contribution in [-0.4, -0.2) is 38.4 Å². The van der Waals surface area contributed by atoms with E-state index in [0.29, 0.717) is 18.5 Å². The van der Waals surface area contributed by atoms with E-state index < -0.39 is 0 Å². The first kappa shape index (κ1) is 19.9. The van der Waals surface area contributed by atoms with E-state index in [-0.39, 0.29) is 18.6 Å². The Kier molecular flexibility index (Phi) is 5.68. The molecule has 0 aliphatic carbocycles. The maximum atomic E-state index is 12.8. The zero-order valence-electron chi connectivity index (χ0n) is 17.2. The van der Waals surface area contributed by atoms with Gasteiger partial charge in [-0.3, -0.25) is 9.48 Å². The molecule has 0 aliphatic rings. The molecule has 0 aliphatic heterocycles. The lowest BCUT2D eigenvalue weighted by Crippen LogP contribution is -2.39. The average Bonchev–Trinajstić information content (AvgIpc) is 3.29. The van der Waals surface area contributed by atoms with Gasteiger partial charge >= 0.3 is 0 Å². The number of aliphatic hydroxyl groups excluding tert-OH is 1. The van der Waals surface area contributed by atoms with Crippen molar-refractivity contribution in [2.24, 2.45) is 0 Å². The van der Waals surface area contributed by atoms with Crippen molar-refractivity contribution in [2.75, 3.05) is 6.61 Å². The Hall–Kier alpha value is -3.38. The molecule has 0 bridgehead atoms. The standard InChI is InChI=1S/C24H26N4O2/c1-16-10-17(2)28(27-16)14-18-6-5-7-19(11-18)24(30)26-21(15-29)12-20-13-25-23-9-4-3-8-22(20)23/h3-11,13,21,25,29H,12,14-15H2,1-2H3,(H,26,30)/t21-/m0/s1. The van der Waals surface area contributed by atoms with Gasteiger partial charge in [-0.1, -0.05) is 30.3 Å². The van der Waals surface area contributed by atoms with E-state index >= 15 is 0 Å². The van der Waals surface area contributed by atoms with Crippen molar-refractivity contribution < 1.29 is 9.90 Å². The first-order valence-corrected chi connectivity index (χ1v) is 10.1. The third kappa shape index (κ3) is 4.28. The maximum Gasteiger partial charge on any atom is 0.251 e. The van der Waals surface area contributed by atoms with E-state index in [0.717, 1.165) is 33.4 Å². The second kappa shape index (κ2) is 8.55. The molecule has 0 saturated carbocycles. The monoisotopic (exact) mass is 402 g/mol. The van der Waals surface area contributed by atoms with Crippen LogP contribution in [0.2, 0.25) is 0 Å². The van der Waals surface area contributed by atoms with Crippen LogP contribution in [0.4, 0.5) is 0 Å². The van der Waals surface area contributed by atoms with Gasteiger partial charge in [0.05, 0.1) is 24.9 Å². The van der Waals surface area contributed by atoms with Gasteiger partial charge in [-0.25, -0.2) is 0 Å². The molecular formula is C24H26N4O2. The molecule has 2 heterocycles. The Labute approximate surface area is 175 Å². The number of amides is 1. The Morgan fingerprint density at radius 3 is 2.77 bits per heavy atom. The van der Waals surface area contributed by atoms with E-state index in [4.69, 9.17) is 0 Å². The second-order valence-electron chi connectivity index (χ2n) is 7.70. The van der Waals surface area contributed by atoms with E-state index in [9.17, 15) is 9.90 Å². The SMILES string of the molecule is Cc1cc(C)n(Cc2cccc(C(=O)N[C@H](CO)Cc3c[nH]c4ccccc34)c2)n1. The highest BCUT2D eigenvalue weighted by Gasteiger charge is 2.16. The number of nitrogens with zero attached hydrogens (tertiary/aromatic N) is 2. The summed E-state index contributed by atoms with van der Waals surface area (Å²) in [7, 11) is 0. The van der Waals surface area contributed by atoms with Crippen molar-refractivity contribution in [3.8, 4) is 0 Å². The summed E-state index contributed by atoms with van der Waals surface area (Å²) in [6, 6.07) is 17.2. The summed E-state index contributed by atoms with van der Waals surface area (Å²) in [4.78, 5) is 16.1. The summed E-state index contributed by atoms with van der Waals surface area (Å²) in [6.07, 6.45) is 2.49. The normalized spacial score (nSPS) is 12.2. The Bertz CT molecular complexity index is 1170. The average molecular weight is 402 g/mol. The number of nitrogens with one attached hydrogen (secondary N) is 2. The lowest BCUT2D eigenvalue weighted by molar-refractivity contribution is 0.0916. The molecule has 154 valence electrons. The van der Waals surface area contributed by atoms with Gasteiger partial charge in [0.15, 0.2) is 0 Å². The number of aromatic nitrogens is 3. The number of aromatic amines is 1. The van der Waals surface area contributed by atoms with Crippen LogP contribution in [-0.2, 0) is 13.0 Å². The fourth-order valence-electron chi connectivity index (χ4n) is 3.81. The predicted octanol–water partition coefficient (Wildman–Crippen LogP) is 3.36. The third-order valence-electron chi connectivity index (χ3n) is 5.32. The molecule has 0 fully saturated rings. The lowest BCUT2D eigenvalue weighted by atomic mass is 10.0. The fourth-order valence-corrected chi connectivity index (χ4v) is 3.81. The van der Waals surface area contributed by atoms with Crippen LogP contribution in [0.5, 0.6) is 0 Å². The molecule has 2 aromatic heterocycles. The molecule has 1 atom stereocenters. The highest BCUT2D eigenvalue weighted by molar-refractivity contribution is 5.94. The minimum atomic E-state index is -0.364. The summed E-state index contributed by atoms with van der Waals surface area (Å²) >= 11 is 0. The Morgan fingerprint density at radius 1 is 1.17 bits per heavy atom. The van der Waals surface area contributed by atoms with Crippen LogP contribution in [0.1, 0.15) is 32.9 Å². The van der Waals surface area contributed by atoms with Crippen molar-refractivity contribution in [1.82, 2.24) is 20.1 Å². The summed E-state index contributed by atoms with van der Waals surface area (Å²) in [5.41, 5.74) is 5.76. The molecule has 6 heteroatoms. The van der Waals surface area contributed by atoms with E-state index in [1.165, 1.54) is 0 Å². The number of carbonyl (C=O) groups is 1. The molecular weight excluding hydrogens is 376 g/mol. The van der Waals surface area contributed by atoms with Gasteiger partial charge in [-0.05, 0) is 55.7 Å². The highest BCUT2D eigenvalue weighted by Crippen LogP contribution is 2.19. The molecule has 3 N–H and O–H groups in total. The second-order valence-corrected chi connectivity index (χ2v) is 7.70. The molecule has 6 nitrogen and oxygen atoms in total. The largest absolute Gasteiger partial charge is 0.394 e. The molecule has 30 heavy (non-hydrogen) atoms. The first-order chi connectivity index (χ1) is 14.5. The van der Waals surface area contributed by atoms with E-state index in [1.54, 1.807) is 6.07 Å². The van der Waals surface area contributed by atoms with Crippen molar-refractivity contribution >= 4 is 16.8 Å². The maximum absolute atomic E-state index is 12.8. The topological polar surface area (TPSA) is 82.9 Å². The Morgan fingerprint density at radius 2 is 2.00 bits per heavy atom. The van der Waals surface area contributed by atoms with Crippen molar-refractivity contribution in [3.63, 3.8) is 0 Å². The molecule has 4 rings (SSSR count). The van der Waals surface area contributed by atoms with Crippen LogP contribution in [0.15, 0.2) is 60.8 Å². The smallest absolute Gasteiger partial charge is 0.251 e. The van der Waals surface area contributed by atoms with Crippen molar-refractivity contribution in [1.29, 1.82) is 0 Å². The van der Waals surface area contributed by atoms with Crippen molar-refractivity contribution in [2.45, 2.75) is 32.9 Å².